The van der Waals surface area contributed by atoms with E-state index in [0.717, 1.165) is 30.2 Å². The number of rotatable bonds is 2. The first-order chi connectivity index (χ1) is 10.2. The van der Waals surface area contributed by atoms with Crippen LogP contribution < -0.4 is 5.43 Å². The molecule has 21 heavy (non-hydrogen) atoms. The van der Waals surface area contributed by atoms with Crippen molar-refractivity contribution in [3.8, 4) is 0 Å². The summed E-state index contributed by atoms with van der Waals surface area (Å²) in [6.07, 6.45) is 8.89. The molecule has 0 heterocycles. The fourth-order valence-electron chi connectivity index (χ4n) is 3.81. The standard InChI is InChI=1S/C18H24N2O/c1-13-6-2-5-9-17(13)18(21)20-19-16-11-10-14-7-3-4-8-15(14)12-16/h2,5-6,9,14-15H,3-4,7-8,10-12H2,1H3,(H,20,21)/b19-16-/t14-,15-/m1/s1. The van der Waals surface area contributed by atoms with Crippen molar-refractivity contribution >= 4 is 11.6 Å². The van der Waals surface area contributed by atoms with Gasteiger partial charge in [0.15, 0.2) is 0 Å². The summed E-state index contributed by atoms with van der Waals surface area (Å²) in [5, 5.41) is 4.41. The van der Waals surface area contributed by atoms with Gasteiger partial charge in [-0.1, -0.05) is 37.5 Å². The van der Waals surface area contributed by atoms with Crippen LogP contribution in [0.3, 0.4) is 0 Å². The van der Waals surface area contributed by atoms with E-state index in [1.165, 1.54) is 37.8 Å². The van der Waals surface area contributed by atoms with Crippen molar-refractivity contribution in [3.05, 3.63) is 35.4 Å². The molecular weight excluding hydrogens is 260 g/mol. The first kappa shape index (κ1) is 14.3. The second-order valence-electron chi connectivity index (χ2n) is 6.48. The molecule has 1 aromatic carbocycles. The van der Waals surface area contributed by atoms with Gasteiger partial charge >= 0.3 is 0 Å². The molecule has 2 saturated carbocycles. The molecule has 2 aliphatic rings. The van der Waals surface area contributed by atoms with Crippen LogP contribution in [0.4, 0.5) is 0 Å². The fourth-order valence-corrected chi connectivity index (χ4v) is 3.81. The van der Waals surface area contributed by atoms with Gasteiger partial charge in [0.2, 0.25) is 0 Å². The highest BCUT2D eigenvalue weighted by Crippen LogP contribution is 2.39. The highest BCUT2D eigenvalue weighted by atomic mass is 16.2. The van der Waals surface area contributed by atoms with E-state index in [4.69, 9.17) is 0 Å². The third kappa shape index (κ3) is 3.34. The zero-order valence-electron chi connectivity index (χ0n) is 12.8. The van der Waals surface area contributed by atoms with E-state index in [1.54, 1.807) is 0 Å². The minimum Gasteiger partial charge on any atom is -0.267 e. The van der Waals surface area contributed by atoms with Crippen molar-refractivity contribution in [1.82, 2.24) is 5.43 Å². The van der Waals surface area contributed by atoms with Crippen molar-refractivity contribution in [2.75, 3.05) is 0 Å². The molecule has 0 aromatic heterocycles. The number of hydrogen-bond donors (Lipinski definition) is 1. The van der Waals surface area contributed by atoms with Crippen LogP contribution in [-0.4, -0.2) is 11.6 Å². The predicted octanol–water partition coefficient (Wildman–Crippen LogP) is 4.07. The number of carbonyl (C=O) groups is 1. The van der Waals surface area contributed by atoms with Crippen LogP contribution in [-0.2, 0) is 0 Å². The molecule has 0 aliphatic heterocycles. The van der Waals surface area contributed by atoms with Gasteiger partial charge in [-0.2, -0.15) is 5.10 Å². The van der Waals surface area contributed by atoms with Gasteiger partial charge in [-0.15, -0.1) is 0 Å². The zero-order chi connectivity index (χ0) is 14.7. The van der Waals surface area contributed by atoms with E-state index < -0.39 is 0 Å². The largest absolute Gasteiger partial charge is 0.271 e. The fraction of sp³-hybridized carbons (Fsp3) is 0.556. The van der Waals surface area contributed by atoms with Crippen LogP contribution in [0.15, 0.2) is 29.4 Å². The van der Waals surface area contributed by atoms with Crippen LogP contribution in [0.5, 0.6) is 0 Å². The van der Waals surface area contributed by atoms with Crippen molar-refractivity contribution < 1.29 is 4.79 Å². The lowest BCUT2D eigenvalue weighted by molar-refractivity contribution is 0.0953. The molecule has 2 fully saturated rings. The Morgan fingerprint density at radius 2 is 1.90 bits per heavy atom. The van der Waals surface area contributed by atoms with E-state index in [1.807, 2.05) is 31.2 Å². The maximum Gasteiger partial charge on any atom is 0.271 e. The van der Waals surface area contributed by atoms with Gasteiger partial charge < -0.3 is 0 Å². The van der Waals surface area contributed by atoms with Crippen molar-refractivity contribution in [1.29, 1.82) is 0 Å². The number of fused-ring (bicyclic) bond motifs is 1. The van der Waals surface area contributed by atoms with E-state index in [-0.39, 0.29) is 5.91 Å². The summed E-state index contributed by atoms with van der Waals surface area (Å²) >= 11 is 0. The molecule has 1 aromatic rings. The Hall–Kier alpha value is -1.64. The number of aryl methyl sites for hydroxylation is 1. The third-order valence-electron chi connectivity index (χ3n) is 5.07. The number of hydrogen-bond acceptors (Lipinski definition) is 2. The van der Waals surface area contributed by atoms with Gasteiger partial charge in [0, 0.05) is 11.3 Å². The highest BCUT2D eigenvalue weighted by molar-refractivity contribution is 5.96. The molecule has 0 unspecified atom stereocenters. The predicted molar refractivity (Wildman–Crippen MR) is 85.4 cm³/mol. The smallest absolute Gasteiger partial charge is 0.267 e. The van der Waals surface area contributed by atoms with Crippen LogP contribution in [0.1, 0.15) is 60.9 Å². The average Bonchev–Trinajstić information content (AvgIpc) is 2.53. The van der Waals surface area contributed by atoms with Gasteiger partial charge in [-0.3, -0.25) is 4.79 Å². The van der Waals surface area contributed by atoms with Crippen molar-refractivity contribution in [2.45, 2.75) is 51.9 Å². The summed E-state index contributed by atoms with van der Waals surface area (Å²) in [7, 11) is 0. The van der Waals surface area contributed by atoms with Gasteiger partial charge in [-0.25, -0.2) is 5.43 Å². The number of hydrazone groups is 1. The normalized spacial score (nSPS) is 27.2. The Morgan fingerprint density at radius 3 is 2.71 bits per heavy atom. The number of benzene rings is 1. The summed E-state index contributed by atoms with van der Waals surface area (Å²) in [6.45, 7) is 1.95. The molecule has 2 aliphatic carbocycles. The van der Waals surface area contributed by atoms with E-state index in [0.29, 0.717) is 5.56 Å². The molecular formula is C18H24N2O. The van der Waals surface area contributed by atoms with Crippen molar-refractivity contribution in [2.24, 2.45) is 16.9 Å². The molecule has 3 rings (SSSR count). The summed E-state index contributed by atoms with van der Waals surface area (Å²) in [4.78, 5) is 12.2. The highest BCUT2D eigenvalue weighted by Gasteiger charge is 2.30. The number of nitrogens with one attached hydrogen (secondary N) is 1. The average molecular weight is 284 g/mol. The molecule has 3 heteroatoms. The Kier molecular flexibility index (Phi) is 4.37. The molecule has 0 radical (unpaired) electrons. The Bertz CT molecular complexity index is 550. The van der Waals surface area contributed by atoms with Crippen molar-refractivity contribution in [3.63, 3.8) is 0 Å². The summed E-state index contributed by atoms with van der Waals surface area (Å²) in [5.74, 6) is 1.62. The molecule has 0 spiro atoms. The first-order valence-electron chi connectivity index (χ1n) is 8.15. The number of nitrogens with zero attached hydrogens (tertiary/aromatic N) is 1. The van der Waals surface area contributed by atoms with Gasteiger partial charge in [0.1, 0.15) is 0 Å². The van der Waals surface area contributed by atoms with Crippen LogP contribution >= 0.6 is 0 Å². The lowest BCUT2D eigenvalue weighted by Crippen LogP contribution is -2.29. The maximum absolute atomic E-state index is 12.2. The minimum absolute atomic E-state index is 0.0913. The molecule has 112 valence electrons. The summed E-state index contributed by atoms with van der Waals surface area (Å²) < 4.78 is 0. The zero-order valence-corrected chi connectivity index (χ0v) is 12.8. The lowest BCUT2D eigenvalue weighted by atomic mass is 9.70. The van der Waals surface area contributed by atoms with E-state index in [9.17, 15) is 4.79 Å². The van der Waals surface area contributed by atoms with Gasteiger partial charge in [0.25, 0.3) is 5.91 Å². The molecule has 2 atom stereocenters. The SMILES string of the molecule is Cc1ccccc1C(=O)N/N=C1/CC[C@H]2CCCC[C@@H]2C1. The Labute approximate surface area is 126 Å². The lowest BCUT2D eigenvalue weighted by Gasteiger charge is -2.35. The third-order valence-corrected chi connectivity index (χ3v) is 5.07. The second kappa shape index (κ2) is 6.42. The summed E-state index contributed by atoms with van der Waals surface area (Å²) in [6, 6.07) is 7.64. The first-order valence-corrected chi connectivity index (χ1v) is 8.15. The van der Waals surface area contributed by atoms with Crippen LogP contribution in [0.2, 0.25) is 0 Å². The van der Waals surface area contributed by atoms with Gasteiger partial charge in [-0.05, 0) is 56.1 Å². The van der Waals surface area contributed by atoms with Gasteiger partial charge in [0.05, 0.1) is 0 Å². The van der Waals surface area contributed by atoms with E-state index in [2.05, 4.69) is 10.5 Å². The van der Waals surface area contributed by atoms with Crippen LogP contribution in [0, 0.1) is 18.8 Å². The van der Waals surface area contributed by atoms with E-state index >= 15 is 0 Å². The quantitative estimate of drug-likeness (QED) is 0.817. The second-order valence-corrected chi connectivity index (χ2v) is 6.48. The number of carbonyl (C=O) groups excluding carboxylic acids is 1. The monoisotopic (exact) mass is 284 g/mol. The Balaban J connectivity index is 1.61. The summed E-state index contributed by atoms with van der Waals surface area (Å²) in [5.41, 5.74) is 5.64. The maximum atomic E-state index is 12.2. The molecule has 0 bridgehead atoms. The minimum atomic E-state index is -0.0913. The topological polar surface area (TPSA) is 41.5 Å². The van der Waals surface area contributed by atoms with Crippen LogP contribution in [0.25, 0.3) is 0 Å². The molecule has 1 N–H and O–H groups in total. The molecule has 3 nitrogen and oxygen atoms in total. The molecule has 0 saturated heterocycles. The molecule has 1 amide bonds. The number of amides is 1. The Morgan fingerprint density at radius 1 is 1.14 bits per heavy atom.